The van der Waals surface area contributed by atoms with Crippen molar-refractivity contribution in [3.63, 3.8) is 0 Å². The average molecular weight is 391 g/mol. The fourth-order valence-corrected chi connectivity index (χ4v) is 4.33. The molecule has 0 radical (unpaired) electrons. The van der Waals surface area contributed by atoms with Gasteiger partial charge in [-0.1, -0.05) is 48.0 Å². The van der Waals surface area contributed by atoms with E-state index in [4.69, 9.17) is 16.3 Å². The number of ether oxygens (including phenoxy) is 1. The second-order valence-electron chi connectivity index (χ2n) is 6.19. The number of methoxy groups -OCH3 is 1. The third-order valence-electron chi connectivity index (χ3n) is 4.40. The minimum atomic E-state index is -0.358. The summed E-state index contributed by atoms with van der Waals surface area (Å²) in [7, 11) is 1.63. The smallest absolute Gasteiger partial charge is 0.222 e. The molecule has 0 aliphatic carbocycles. The van der Waals surface area contributed by atoms with E-state index in [9.17, 15) is 4.79 Å². The molecule has 1 fully saturated rings. The van der Waals surface area contributed by atoms with Crippen molar-refractivity contribution in [2.75, 3.05) is 25.2 Å². The number of rotatable bonds is 6. The highest BCUT2D eigenvalue weighted by atomic mass is 35.5. The first-order valence-electron chi connectivity index (χ1n) is 8.67. The maximum atomic E-state index is 12.7. The van der Waals surface area contributed by atoms with E-state index in [-0.39, 0.29) is 18.0 Å². The molecule has 0 saturated carbocycles. The zero-order valence-electron chi connectivity index (χ0n) is 14.7. The van der Waals surface area contributed by atoms with Crippen molar-refractivity contribution >= 4 is 29.3 Å². The van der Waals surface area contributed by atoms with Gasteiger partial charge in [-0.3, -0.25) is 4.79 Å². The second kappa shape index (κ2) is 9.31. The van der Waals surface area contributed by atoms with Gasteiger partial charge >= 0.3 is 0 Å². The van der Waals surface area contributed by atoms with Crippen LogP contribution in [0.5, 0.6) is 5.75 Å². The van der Waals surface area contributed by atoms with E-state index in [2.05, 4.69) is 10.6 Å². The molecule has 2 aromatic carbocycles. The Hall–Kier alpha value is -1.69. The molecule has 26 heavy (non-hydrogen) atoms. The molecule has 1 saturated heterocycles. The van der Waals surface area contributed by atoms with Crippen LogP contribution in [0.1, 0.15) is 23.6 Å². The minimum absolute atomic E-state index is 0.000765. The van der Waals surface area contributed by atoms with Crippen LogP contribution < -0.4 is 15.4 Å². The lowest BCUT2D eigenvalue weighted by atomic mass is 9.97. The van der Waals surface area contributed by atoms with Crippen molar-refractivity contribution in [1.29, 1.82) is 0 Å². The Bertz CT molecular complexity index is 750. The maximum Gasteiger partial charge on any atom is 0.222 e. The highest BCUT2D eigenvalue weighted by molar-refractivity contribution is 7.99. The molecule has 2 aromatic rings. The van der Waals surface area contributed by atoms with Gasteiger partial charge in [-0.2, -0.15) is 11.8 Å². The van der Waals surface area contributed by atoms with Crippen molar-refractivity contribution < 1.29 is 9.53 Å². The van der Waals surface area contributed by atoms with E-state index < -0.39 is 0 Å². The van der Waals surface area contributed by atoms with Gasteiger partial charge in [-0.25, -0.2) is 0 Å². The van der Waals surface area contributed by atoms with Crippen molar-refractivity contribution in [1.82, 2.24) is 10.6 Å². The second-order valence-corrected chi connectivity index (χ2v) is 7.75. The summed E-state index contributed by atoms with van der Waals surface area (Å²) in [5.74, 6) is 2.78. The number of para-hydroxylation sites is 1. The first kappa shape index (κ1) is 19.1. The largest absolute Gasteiger partial charge is 0.496 e. The fraction of sp³-hybridized carbons (Fsp3) is 0.350. The van der Waals surface area contributed by atoms with Crippen LogP contribution in [0, 0.1) is 0 Å². The average Bonchev–Trinajstić information content (AvgIpc) is 2.67. The van der Waals surface area contributed by atoms with Gasteiger partial charge in [0.15, 0.2) is 0 Å². The SMILES string of the molecule is COc1ccccc1C(NC(=O)CC1CSCCN1)c1ccccc1Cl. The van der Waals surface area contributed by atoms with E-state index in [1.54, 1.807) is 7.11 Å². The van der Waals surface area contributed by atoms with Crippen LogP contribution in [0.4, 0.5) is 0 Å². The number of carbonyl (C=O) groups is 1. The van der Waals surface area contributed by atoms with Gasteiger partial charge in [0.05, 0.1) is 13.2 Å². The van der Waals surface area contributed by atoms with E-state index in [0.29, 0.717) is 11.4 Å². The van der Waals surface area contributed by atoms with Crippen LogP contribution in [0.25, 0.3) is 0 Å². The molecular weight excluding hydrogens is 368 g/mol. The van der Waals surface area contributed by atoms with Gasteiger partial charge in [0.2, 0.25) is 5.91 Å². The lowest BCUT2D eigenvalue weighted by molar-refractivity contribution is -0.122. The van der Waals surface area contributed by atoms with E-state index in [1.807, 2.05) is 60.3 Å². The van der Waals surface area contributed by atoms with Crippen LogP contribution in [0.15, 0.2) is 48.5 Å². The van der Waals surface area contributed by atoms with Crippen molar-refractivity contribution in [2.45, 2.75) is 18.5 Å². The number of nitrogens with one attached hydrogen (secondary N) is 2. The Balaban J connectivity index is 1.86. The summed E-state index contributed by atoms with van der Waals surface area (Å²) in [6.07, 6.45) is 0.448. The molecule has 2 atom stereocenters. The molecular formula is C20H23ClN2O2S. The number of hydrogen-bond acceptors (Lipinski definition) is 4. The van der Waals surface area contributed by atoms with Crippen molar-refractivity contribution in [3.8, 4) is 5.75 Å². The van der Waals surface area contributed by atoms with Crippen LogP contribution in [-0.2, 0) is 4.79 Å². The Kier molecular flexibility index (Phi) is 6.83. The fourth-order valence-electron chi connectivity index (χ4n) is 3.13. The summed E-state index contributed by atoms with van der Waals surface area (Å²) in [4.78, 5) is 12.7. The van der Waals surface area contributed by atoms with E-state index in [0.717, 1.165) is 34.9 Å². The monoisotopic (exact) mass is 390 g/mol. The Morgan fingerprint density at radius 1 is 1.27 bits per heavy atom. The third-order valence-corrected chi connectivity index (χ3v) is 5.88. The molecule has 2 N–H and O–H groups in total. The third kappa shape index (κ3) is 4.72. The Labute approximate surface area is 163 Å². The van der Waals surface area contributed by atoms with Crippen molar-refractivity contribution in [3.05, 3.63) is 64.7 Å². The highest BCUT2D eigenvalue weighted by Gasteiger charge is 2.24. The molecule has 1 amide bonds. The molecule has 0 aromatic heterocycles. The molecule has 1 aliphatic heterocycles. The first-order chi connectivity index (χ1) is 12.7. The van der Waals surface area contributed by atoms with Crippen molar-refractivity contribution in [2.24, 2.45) is 0 Å². The Morgan fingerprint density at radius 3 is 2.69 bits per heavy atom. The normalized spacial score (nSPS) is 18.2. The van der Waals surface area contributed by atoms with Crippen LogP contribution in [-0.4, -0.2) is 37.1 Å². The summed E-state index contributed by atoms with van der Waals surface area (Å²) in [6.45, 7) is 0.947. The molecule has 0 bridgehead atoms. The number of hydrogen-bond donors (Lipinski definition) is 2. The quantitative estimate of drug-likeness (QED) is 0.790. The topological polar surface area (TPSA) is 50.4 Å². The molecule has 0 spiro atoms. The van der Waals surface area contributed by atoms with Crippen LogP contribution >= 0.6 is 23.4 Å². The van der Waals surface area contributed by atoms with E-state index >= 15 is 0 Å². The zero-order valence-corrected chi connectivity index (χ0v) is 16.3. The predicted octanol–water partition coefficient (Wildman–Crippen LogP) is 3.65. The highest BCUT2D eigenvalue weighted by Crippen LogP contribution is 2.33. The zero-order chi connectivity index (χ0) is 18.4. The molecule has 6 heteroatoms. The first-order valence-corrected chi connectivity index (χ1v) is 10.2. The summed E-state index contributed by atoms with van der Waals surface area (Å²) in [5.41, 5.74) is 1.75. The van der Waals surface area contributed by atoms with Crippen LogP contribution in [0.3, 0.4) is 0 Å². The number of benzene rings is 2. The summed E-state index contributed by atoms with van der Waals surface area (Å²) >= 11 is 8.31. The van der Waals surface area contributed by atoms with Gasteiger partial charge < -0.3 is 15.4 Å². The molecule has 1 aliphatic rings. The molecule has 4 nitrogen and oxygen atoms in total. The lowest BCUT2D eigenvalue weighted by Gasteiger charge is -2.26. The molecule has 1 heterocycles. The lowest BCUT2D eigenvalue weighted by Crippen LogP contribution is -2.42. The van der Waals surface area contributed by atoms with Gasteiger partial charge in [-0.05, 0) is 17.7 Å². The summed E-state index contributed by atoms with van der Waals surface area (Å²) in [5, 5.41) is 7.18. The van der Waals surface area contributed by atoms with Crippen LogP contribution in [0.2, 0.25) is 5.02 Å². The number of thioether (sulfide) groups is 1. The summed E-state index contributed by atoms with van der Waals surface area (Å²) < 4.78 is 5.51. The minimum Gasteiger partial charge on any atom is -0.496 e. The van der Waals surface area contributed by atoms with Gasteiger partial charge in [0.25, 0.3) is 0 Å². The van der Waals surface area contributed by atoms with Gasteiger partial charge in [0.1, 0.15) is 5.75 Å². The number of amides is 1. The molecule has 2 unspecified atom stereocenters. The standard InChI is InChI=1S/C20H23ClN2O2S/c1-25-18-9-5-3-7-16(18)20(15-6-2-4-8-17(15)21)23-19(24)12-14-13-26-11-10-22-14/h2-9,14,20,22H,10-13H2,1H3,(H,23,24). The summed E-state index contributed by atoms with van der Waals surface area (Å²) in [6, 6.07) is 15.1. The van der Waals surface area contributed by atoms with Gasteiger partial charge in [0, 0.05) is 41.1 Å². The van der Waals surface area contributed by atoms with E-state index in [1.165, 1.54) is 0 Å². The molecule has 138 valence electrons. The predicted molar refractivity (Wildman–Crippen MR) is 108 cm³/mol. The Morgan fingerprint density at radius 2 is 2.00 bits per heavy atom. The molecule has 3 rings (SSSR count). The van der Waals surface area contributed by atoms with Gasteiger partial charge in [-0.15, -0.1) is 0 Å². The number of carbonyl (C=O) groups excluding carboxylic acids is 1. The number of halogens is 1. The maximum absolute atomic E-state index is 12.7.